The van der Waals surface area contributed by atoms with E-state index in [2.05, 4.69) is 0 Å². The molecular weight excluding hydrogens is 93.1 g/mol. The molecule has 0 aromatic carbocycles. The molecule has 2 heteroatoms. The van der Waals surface area contributed by atoms with Gasteiger partial charge < -0.3 is 5.73 Å². The summed E-state index contributed by atoms with van der Waals surface area (Å²) in [6, 6.07) is -0.264. The van der Waals surface area contributed by atoms with Crippen molar-refractivity contribution in [1.82, 2.24) is 0 Å². The Labute approximate surface area is 43.7 Å². The van der Waals surface area contributed by atoms with Crippen LogP contribution in [0.15, 0.2) is 0 Å². The fourth-order valence-corrected chi connectivity index (χ4v) is 0.325. The van der Waals surface area contributed by atoms with Gasteiger partial charge in [-0.1, -0.05) is 6.92 Å². The summed E-state index contributed by atoms with van der Waals surface area (Å²) in [6.45, 7) is 3.36. The average Bonchev–Trinajstić information content (AvgIpc) is 1.65. The van der Waals surface area contributed by atoms with Gasteiger partial charge in [0.05, 0.1) is 0 Å². The van der Waals surface area contributed by atoms with E-state index in [0.29, 0.717) is 0 Å². The Balaban J connectivity index is 3.14. The Hall–Kier alpha value is -0.110. The van der Waals surface area contributed by atoms with Crippen LogP contribution in [-0.4, -0.2) is 12.2 Å². The number of halogens is 1. The fourth-order valence-electron chi connectivity index (χ4n) is 0.325. The van der Waals surface area contributed by atoms with Crippen molar-refractivity contribution in [3.05, 3.63) is 0 Å². The number of rotatable bonds is 2. The quantitative estimate of drug-likeness (QED) is 0.558. The van der Waals surface area contributed by atoms with Crippen molar-refractivity contribution < 1.29 is 4.39 Å². The number of hydrogen-bond acceptors (Lipinski definition) is 1. The maximum absolute atomic E-state index is 12.0. The van der Waals surface area contributed by atoms with Crippen LogP contribution in [0.4, 0.5) is 4.39 Å². The van der Waals surface area contributed by atoms with Gasteiger partial charge in [0.2, 0.25) is 0 Å². The van der Waals surface area contributed by atoms with E-state index in [1.807, 2.05) is 6.92 Å². The standard InChI is InChI=1S/C5H12FN/c1-3-5(7)4(2)6/h4-5H,3,7H2,1-2H3. The van der Waals surface area contributed by atoms with Crippen molar-refractivity contribution in [2.45, 2.75) is 32.5 Å². The lowest BCUT2D eigenvalue weighted by Gasteiger charge is -2.07. The Morgan fingerprint density at radius 1 is 1.71 bits per heavy atom. The van der Waals surface area contributed by atoms with Crippen LogP contribution in [0.2, 0.25) is 0 Å². The molecule has 0 aromatic heterocycles. The molecule has 0 aliphatic carbocycles. The van der Waals surface area contributed by atoms with Crippen molar-refractivity contribution in [3.8, 4) is 0 Å². The van der Waals surface area contributed by atoms with Crippen molar-refractivity contribution >= 4 is 0 Å². The molecule has 0 aromatic rings. The average molecular weight is 105 g/mol. The zero-order chi connectivity index (χ0) is 5.86. The van der Waals surface area contributed by atoms with Gasteiger partial charge in [-0.15, -0.1) is 0 Å². The first kappa shape index (κ1) is 6.89. The summed E-state index contributed by atoms with van der Waals surface area (Å²) in [6.07, 6.45) is -0.137. The van der Waals surface area contributed by atoms with E-state index in [0.717, 1.165) is 6.42 Å². The summed E-state index contributed by atoms with van der Waals surface area (Å²) >= 11 is 0. The molecule has 0 fully saturated rings. The second-order valence-corrected chi connectivity index (χ2v) is 1.75. The van der Waals surface area contributed by atoms with Crippen molar-refractivity contribution in [3.63, 3.8) is 0 Å². The van der Waals surface area contributed by atoms with Gasteiger partial charge in [-0.3, -0.25) is 0 Å². The van der Waals surface area contributed by atoms with E-state index in [4.69, 9.17) is 5.73 Å². The maximum Gasteiger partial charge on any atom is 0.112 e. The summed E-state index contributed by atoms with van der Waals surface area (Å²) in [4.78, 5) is 0. The van der Waals surface area contributed by atoms with Crippen LogP contribution in [0.5, 0.6) is 0 Å². The summed E-state index contributed by atoms with van der Waals surface area (Å²) in [5, 5.41) is 0. The predicted octanol–water partition coefficient (Wildman–Crippen LogP) is 1.08. The van der Waals surface area contributed by atoms with E-state index in [9.17, 15) is 4.39 Å². The molecule has 2 unspecified atom stereocenters. The monoisotopic (exact) mass is 105 g/mol. The molecule has 0 saturated carbocycles. The normalized spacial score (nSPS) is 18.9. The summed E-state index contributed by atoms with van der Waals surface area (Å²) in [5.74, 6) is 0. The summed E-state index contributed by atoms with van der Waals surface area (Å²) < 4.78 is 12.0. The molecule has 2 atom stereocenters. The minimum absolute atomic E-state index is 0.264. The zero-order valence-corrected chi connectivity index (χ0v) is 4.82. The van der Waals surface area contributed by atoms with Gasteiger partial charge in [0, 0.05) is 6.04 Å². The van der Waals surface area contributed by atoms with Crippen LogP contribution in [0.25, 0.3) is 0 Å². The minimum atomic E-state index is -0.856. The van der Waals surface area contributed by atoms with Crippen LogP contribution in [0.1, 0.15) is 20.3 Å². The van der Waals surface area contributed by atoms with Crippen LogP contribution >= 0.6 is 0 Å². The largest absolute Gasteiger partial charge is 0.325 e. The first-order valence-corrected chi connectivity index (χ1v) is 2.58. The van der Waals surface area contributed by atoms with E-state index >= 15 is 0 Å². The van der Waals surface area contributed by atoms with Crippen LogP contribution in [-0.2, 0) is 0 Å². The molecule has 0 spiro atoms. The van der Waals surface area contributed by atoms with E-state index in [-0.39, 0.29) is 6.04 Å². The molecule has 0 heterocycles. The Morgan fingerprint density at radius 3 is 2.14 bits per heavy atom. The zero-order valence-electron chi connectivity index (χ0n) is 4.82. The van der Waals surface area contributed by atoms with Gasteiger partial charge in [0.25, 0.3) is 0 Å². The fraction of sp³-hybridized carbons (Fsp3) is 1.00. The van der Waals surface area contributed by atoms with Crippen molar-refractivity contribution in [2.75, 3.05) is 0 Å². The molecule has 0 radical (unpaired) electrons. The lowest BCUT2D eigenvalue weighted by atomic mass is 10.2. The molecular formula is C5H12FN. The van der Waals surface area contributed by atoms with E-state index in [1.54, 1.807) is 0 Å². The lowest BCUT2D eigenvalue weighted by Crippen LogP contribution is -2.28. The Kier molecular flexibility index (Phi) is 2.92. The highest BCUT2D eigenvalue weighted by molar-refractivity contribution is 4.63. The molecule has 0 aliphatic rings. The van der Waals surface area contributed by atoms with Crippen LogP contribution < -0.4 is 5.73 Å². The smallest absolute Gasteiger partial charge is 0.112 e. The Bertz CT molecular complexity index is 45.3. The maximum atomic E-state index is 12.0. The molecule has 2 N–H and O–H groups in total. The molecule has 0 bridgehead atoms. The molecule has 7 heavy (non-hydrogen) atoms. The minimum Gasteiger partial charge on any atom is -0.325 e. The van der Waals surface area contributed by atoms with E-state index in [1.165, 1.54) is 6.92 Å². The second-order valence-electron chi connectivity index (χ2n) is 1.75. The third kappa shape index (κ3) is 2.57. The molecule has 0 saturated heterocycles. The van der Waals surface area contributed by atoms with Crippen molar-refractivity contribution in [2.24, 2.45) is 5.73 Å². The Morgan fingerprint density at radius 2 is 2.14 bits per heavy atom. The summed E-state index contributed by atoms with van der Waals surface area (Å²) in [7, 11) is 0. The van der Waals surface area contributed by atoms with Gasteiger partial charge in [0.15, 0.2) is 0 Å². The highest BCUT2D eigenvalue weighted by atomic mass is 19.1. The highest BCUT2D eigenvalue weighted by Gasteiger charge is 2.05. The highest BCUT2D eigenvalue weighted by Crippen LogP contribution is 1.96. The third-order valence-corrected chi connectivity index (χ3v) is 1.06. The van der Waals surface area contributed by atoms with Gasteiger partial charge in [-0.05, 0) is 13.3 Å². The molecule has 0 amide bonds. The van der Waals surface area contributed by atoms with Gasteiger partial charge in [-0.25, -0.2) is 4.39 Å². The summed E-state index contributed by atoms with van der Waals surface area (Å²) in [5.41, 5.74) is 5.24. The van der Waals surface area contributed by atoms with Crippen LogP contribution in [0.3, 0.4) is 0 Å². The molecule has 0 rings (SSSR count). The van der Waals surface area contributed by atoms with Gasteiger partial charge in [0.1, 0.15) is 6.17 Å². The number of alkyl halides is 1. The second kappa shape index (κ2) is 2.97. The van der Waals surface area contributed by atoms with Gasteiger partial charge >= 0.3 is 0 Å². The predicted molar refractivity (Wildman–Crippen MR) is 28.8 cm³/mol. The molecule has 0 aliphatic heterocycles. The first-order valence-electron chi connectivity index (χ1n) is 2.58. The van der Waals surface area contributed by atoms with Crippen molar-refractivity contribution in [1.29, 1.82) is 0 Å². The lowest BCUT2D eigenvalue weighted by molar-refractivity contribution is 0.300. The van der Waals surface area contributed by atoms with E-state index < -0.39 is 6.17 Å². The number of nitrogens with two attached hydrogens (primary N) is 1. The third-order valence-electron chi connectivity index (χ3n) is 1.06. The molecule has 1 nitrogen and oxygen atoms in total. The molecule has 44 valence electrons. The topological polar surface area (TPSA) is 26.0 Å². The first-order chi connectivity index (χ1) is 3.18. The SMILES string of the molecule is CCC(N)C(C)F. The van der Waals surface area contributed by atoms with Gasteiger partial charge in [-0.2, -0.15) is 0 Å². The number of hydrogen-bond donors (Lipinski definition) is 1. The van der Waals surface area contributed by atoms with Crippen LogP contribution in [0, 0.1) is 0 Å².